The first-order valence-electron chi connectivity index (χ1n) is 6.05. The fourth-order valence-corrected chi connectivity index (χ4v) is 2.19. The van der Waals surface area contributed by atoms with E-state index in [-0.39, 0.29) is 18.1 Å². The number of rotatable bonds is 3. The van der Waals surface area contributed by atoms with Crippen molar-refractivity contribution in [3.63, 3.8) is 0 Å². The molecule has 98 valence electrons. The van der Waals surface area contributed by atoms with Crippen LogP contribution in [0.1, 0.15) is 13.3 Å². The zero-order chi connectivity index (χ0) is 13.1. The molecule has 0 bridgehead atoms. The minimum absolute atomic E-state index is 0.0635. The van der Waals surface area contributed by atoms with E-state index in [9.17, 15) is 9.90 Å². The maximum Gasteiger partial charge on any atom is 0.241 e. The Hall–Kier alpha value is -1.10. The zero-order valence-corrected chi connectivity index (χ0v) is 11.0. The van der Waals surface area contributed by atoms with Gasteiger partial charge in [0.2, 0.25) is 5.91 Å². The highest BCUT2D eigenvalue weighted by atomic mass is 35.5. The predicted molar refractivity (Wildman–Crippen MR) is 71.7 cm³/mol. The van der Waals surface area contributed by atoms with Gasteiger partial charge in [-0.3, -0.25) is 9.69 Å². The quantitative estimate of drug-likeness (QED) is 0.878. The van der Waals surface area contributed by atoms with Crippen LogP contribution in [0.3, 0.4) is 0 Å². The fourth-order valence-electron chi connectivity index (χ4n) is 2.07. The number of hydrogen-bond acceptors (Lipinski definition) is 3. The molecule has 1 unspecified atom stereocenters. The van der Waals surface area contributed by atoms with Gasteiger partial charge in [0.25, 0.3) is 0 Å². The Kier molecular flexibility index (Phi) is 4.22. The first-order chi connectivity index (χ1) is 8.56. The number of anilines is 1. The number of carbonyl (C=O) groups excluding carboxylic acids is 1. The van der Waals surface area contributed by atoms with E-state index in [4.69, 9.17) is 11.6 Å². The number of nitrogens with one attached hydrogen (secondary N) is 1. The molecule has 5 heteroatoms. The lowest BCUT2D eigenvalue weighted by atomic mass is 10.2. The van der Waals surface area contributed by atoms with E-state index in [1.807, 2.05) is 11.8 Å². The van der Waals surface area contributed by atoms with Crippen LogP contribution in [-0.2, 0) is 4.79 Å². The number of carbonyl (C=O) groups is 1. The van der Waals surface area contributed by atoms with E-state index in [1.54, 1.807) is 24.3 Å². The minimum atomic E-state index is -0.309. The number of amides is 1. The van der Waals surface area contributed by atoms with Crippen LogP contribution in [0.2, 0.25) is 5.02 Å². The van der Waals surface area contributed by atoms with E-state index >= 15 is 0 Å². The summed E-state index contributed by atoms with van der Waals surface area (Å²) in [7, 11) is 0. The molecule has 1 saturated heterocycles. The van der Waals surface area contributed by atoms with Crippen LogP contribution in [-0.4, -0.2) is 41.1 Å². The van der Waals surface area contributed by atoms with Crippen molar-refractivity contribution in [2.24, 2.45) is 0 Å². The summed E-state index contributed by atoms with van der Waals surface area (Å²) in [6, 6.07) is 6.78. The van der Waals surface area contributed by atoms with Crippen molar-refractivity contribution >= 4 is 23.2 Å². The van der Waals surface area contributed by atoms with Gasteiger partial charge in [0.15, 0.2) is 0 Å². The third-order valence-corrected chi connectivity index (χ3v) is 3.49. The molecule has 1 aromatic rings. The molecule has 1 aromatic carbocycles. The summed E-state index contributed by atoms with van der Waals surface area (Å²) in [6.45, 7) is 3.18. The summed E-state index contributed by atoms with van der Waals surface area (Å²) in [4.78, 5) is 14.0. The SMILES string of the molecule is CC(C(=O)Nc1ccc(Cl)cc1)N1CC[C@@H](O)C1. The average molecular weight is 269 g/mol. The van der Waals surface area contributed by atoms with Crippen LogP contribution in [0.4, 0.5) is 5.69 Å². The summed E-state index contributed by atoms with van der Waals surface area (Å²) in [5.74, 6) is -0.0635. The van der Waals surface area contributed by atoms with Crippen LogP contribution < -0.4 is 5.32 Å². The van der Waals surface area contributed by atoms with Crippen molar-refractivity contribution in [2.75, 3.05) is 18.4 Å². The Morgan fingerprint density at radius 1 is 1.50 bits per heavy atom. The van der Waals surface area contributed by atoms with Gasteiger partial charge in [-0.1, -0.05) is 11.6 Å². The molecule has 2 rings (SSSR count). The maximum absolute atomic E-state index is 12.0. The molecule has 0 saturated carbocycles. The summed E-state index contributed by atoms with van der Waals surface area (Å²) in [5, 5.41) is 12.9. The lowest BCUT2D eigenvalue weighted by Gasteiger charge is -2.22. The third kappa shape index (κ3) is 3.22. The molecule has 0 aliphatic carbocycles. The molecule has 4 nitrogen and oxygen atoms in total. The minimum Gasteiger partial charge on any atom is -0.392 e. The summed E-state index contributed by atoms with van der Waals surface area (Å²) < 4.78 is 0. The molecule has 1 aliphatic heterocycles. The largest absolute Gasteiger partial charge is 0.392 e. The van der Waals surface area contributed by atoms with Crippen molar-refractivity contribution in [2.45, 2.75) is 25.5 Å². The topological polar surface area (TPSA) is 52.6 Å². The molecule has 1 aliphatic rings. The van der Waals surface area contributed by atoms with Gasteiger partial charge in [-0.15, -0.1) is 0 Å². The molecule has 2 atom stereocenters. The third-order valence-electron chi connectivity index (χ3n) is 3.23. The summed E-state index contributed by atoms with van der Waals surface area (Å²) >= 11 is 5.78. The molecule has 0 aromatic heterocycles. The van der Waals surface area contributed by atoms with Gasteiger partial charge in [-0.2, -0.15) is 0 Å². The number of aliphatic hydroxyl groups is 1. The predicted octanol–water partition coefficient (Wildman–Crippen LogP) is 1.73. The van der Waals surface area contributed by atoms with E-state index in [1.165, 1.54) is 0 Å². The van der Waals surface area contributed by atoms with Crippen molar-refractivity contribution in [1.82, 2.24) is 4.90 Å². The number of likely N-dealkylation sites (tertiary alicyclic amines) is 1. The smallest absolute Gasteiger partial charge is 0.241 e. The monoisotopic (exact) mass is 268 g/mol. The molecule has 0 radical (unpaired) electrons. The molecule has 18 heavy (non-hydrogen) atoms. The van der Waals surface area contributed by atoms with Crippen molar-refractivity contribution in [3.05, 3.63) is 29.3 Å². The highest BCUT2D eigenvalue weighted by Gasteiger charge is 2.28. The molecule has 2 N–H and O–H groups in total. The van der Waals surface area contributed by atoms with E-state index in [0.717, 1.165) is 18.7 Å². The Morgan fingerprint density at radius 2 is 2.17 bits per heavy atom. The van der Waals surface area contributed by atoms with E-state index < -0.39 is 0 Å². The van der Waals surface area contributed by atoms with Crippen molar-refractivity contribution in [3.8, 4) is 0 Å². The van der Waals surface area contributed by atoms with Gasteiger partial charge in [-0.05, 0) is 37.6 Å². The number of halogens is 1. The van der Waals surface area contributed by atoms with Crippen LogP contribution in [0.5, 0.6) is 0 Å². The second-order valence-electron chi connectivity index (χ2n) is 4.61. The van der Waals surface area contributed by atoms with Crippen LogP contribution in [0, 0.1) is 0 Å². The number of benzene rings is 1. The second-order valence-corrected chi connectivity index (χ2v) is 5.05. The molecule has 1 fully saturated rings. The zero-order valence-electron chi connectivity index (χ0n) is 10.3. The van der Waals surface area contributed by atoms with Gasteiger partial charge in [0.1, 0.15) is 0 Å². The lowest BCUT2D eigenvalue weighted by molar-refractivity contribution is -0.120. The van der Waals surface area contributed by atoms with Crippen LogP contribution in [0.15, 0.2) is 24.3 Å². The van der Waals surface area contributed by atoms with Crippen molar-refractivity contribution in [1.29, 1.82) is 0 Å². The molecular weight excluding hydrogens is 252 g/mol. The second kappa shape index (κ2) is 5.69. The van der Waals surface area contributed by atoms with Crippen LogP contribution >= 0.6 is 11.6 Å². The highest BCUT2D eigenvalue weighted by molar-refractivity contribution is 6.30. The molecule has 1 heterocycles. The number of nitrogens with zero attached hydrogens (tertiary/aromatic N) is 1. The van der Waals surface area contributed by atoms with Gasteiger partial charge in [0, 0.05) is 23.8 Å². The molecule has 0 spiro atoms. The number of hydrogen-bond donors (Lipinski definition) is 2. The van der Waals surface area contributed by atoms with Crippen LogP contribution in [0.25, 0.3) is 0 Å². The maximum atomic E-state index is 12.0. The van der Waals surface area contributed by atoms with E-state index in [0.29, 0.717) is 11.6 Å². The normalized spacial score (nSPS) is 21.8. The number of β-amino-alcohol motifs (C(OH)–C–C–N with tert-alkyl or cyclic N) is 1. The van der Waals surface area contributed by atoms with Gasteiger partial charge in [0.05, 0.1) is 12.1 Å². The number of aliphatic hydroxyl groups excluding tert-OH is 1. The van der Waals surface area contributed by atoms with Gasteiger partial charge < -0.3 is 10.4 Å². The Bertz CT molecular complexity index is 422. The summed E-state index contributed by atoms with van der Waals surface area (Å²) in [5.41, 5.74) is 0.732. The highest BCUT2D eigenvalue weighted by Crippen LogP contribution is 2.16. The first-order valence-corrected chi connectivity index (χ1v) is 6.42. The fraction of sp³-hybridized carbons (Fsp3) is 0.462. The average Bonchev–Trinajstić information content (AvgIpc) is 2.78. The molecular formula is C13H17ClN2O2. The Labute approximate surface area is 112 Å². The Balaban J connectivity index is 1.93. The molecule has 1 amide bonds. The van der Waals surface area contributed by atoms with Crippen molar-refractivity contribution < 1.29 is 9.90 Å². The lowest BCUT2D eigenvalue weighted by Crippen LogP contribution is -2.41. The standard InChI is InChI=1S/C13H17ClN2O2/c1-9(16-7-6-12(17)8-16)13(18)15-11-4-2-10(14)3-5-11/h2-5,9,12,17H,6-8H2,1H3,(H,15,18)/t9?,12-/m1/s1. The first kappa shape index (κ1) is 13.3. The Morgan fingerprint density at radius 3 is 2.72 bits per heavy atom. The summed E-state index contributed by atoms with van der Waals surface area (Å²) in [6.07, 6.45) is 0.425. The van der Waals surface area contributed by atoms with Gasteiger partial charge >= 0.3 is 0 Å². The van der Waals surface area contributed by atoms with E-state index in [2.05, 4.69) is 5.32 Å². The van der Waals surface area contributed by atoms with Gasteiger partial charge in [-0.25, -0.2) is 0 Å².